The minimum absolute atomic E-state index is 0.164. The van der Waals surface area contributed by atoms with Crippen molar-refractivity contribution in [2.24, 2.45) is 10.8 Å². The van der Waals surface area contributed by atoms with Crippen molar-refractivity contribution in [3.63, 3.8) is 0 Å². The second-order valence-electron chi connectivity index (χ2n) is 13.3. The molecule has 6 nitrogen and oxygen atoms in total. The molecule has 0 aromatic carbocycles. The van der Waals surface area contributed by atoms with Gasteiger partial charge in [0.2, 0.25) is 17.7 Å². The fraction of sp³-hybridized carbons (Fsp3) is 0.909. The Morgan fingerprint density at radius 2 is 1.18 bits per heavy atom. The molecule has 0 spiro atoms. The molecule has 0 aromatic heterocycles. The van der Waals surface area contributed by atoms with Crippen LogP contribution in [0, 0.1) is 10.8 Å². The van der Waals surface area contributed by atoms with Crippen molar-refractivity contribution in [2.75, 3.05) is 19.6 Å². The number of carbonyl (C=O) groups is 3. The number of rotatable bonds is 23. The van der Waals surface area contributed by atoms with Crippen LogP contribution in [0.25, 0.3) is 0 Å². The first-order valence-electron chi connectivity index (χ1n) is 16.4. The summed E-state index contributed by atoms with van der Waals surface area (Å²) in [6, 6.07) is 0.286. The maximum absolute atomic E-state index is 12.7. The first-order valence-corrected chi connectivity index (χ1v) is 16.4. The van der Waals surface area contributed by atoms with E-state index in [1.807, 2.05) is 32.6 Å². The third-order valence-corrected chi connectivity index (χ3v) is 8.85. The van der Waals surface area contributed by atoms with Crippen LogP contribution in [0.3, 0.4) is 0 Å². The van der Waals surface area contributed by atoms with Crippen molar-refractivity contribution >= 4 is 17.7 Å². The third-order valence-electron chi connectivity index (χ3n) is 8.85. The van der Waals surface area contributed by atoms with Crippen molar-refractivity contribution in [2.45, 2.75) is 163 Å². The van der Waals surface area contributed by atoms with Gasteiger partial charge in [-0.3, -0.25) is 14.4 Å². The summed E-state index contributed by atoms with van der Waals surface area (Å²) in [5.41, 5.74) is -0.597. The lowest BCUT2D eigenvalue weighted by Crippen LogP contribution is -2.38. The molecule has 0 radical (unpaired) electrons. The SMILES string of the molecule is CCC(C)(C)C(=O)NCCCCCCCCCCCCCCNC(=O)C(C)(C)CCCC(C)N1CCCC1=O. The minimum Gasteiger partial charge on any atom is -0.356 e. The van der Waals surface area contributed by atoms with E-state index in [9.17, 15) is 14.4 Å². The lowest BCUT2D eigenvalue weighted by atomic mass is 9.85. The van der Waals surface area contributed by atoms with Crippen LogP contribution in [0.5, 0.6) is 0 Å². The van der Waals surface area contributed by atoms with Gasteiger partial charge in [-0.25, -0.2) is 0 Å². The van der Waals surface area contributed by atoms with Crippen molar-refractivity contribution in [3.8, 4) is 0 Å². The summed E-state index contributed by atoms with van der Waals surface area (Å²) < 4.78 is 0. The van der Waals surface area contributed by atoms with Gasteiger partial charge in [-0.05, 0) is 45.4 Å². The predicted molar refractivity (Wildman–Crippen MR) is 164 cm³/mol. The van der Waals surface area contributed by atoms with E-state index in [2.05, 4.69) is 24.5 Å². The Kier molecular flexibility index (Phi) is 17.7. The van der Waals surface area contributed by atoms with Crippen LogP contribution in [0.4, 0.5) is 0 Å². The Morgan fingerprint density at radius 3 is 1.59 bits per heavy atom. The fourth-order valence-electron chi connectivity index (χ4n) is 5.30. The summed E-state index contributed by atoms with van der Waals surface area (Å²) in [6.07, 6.45) is 20.4. The van der Waals surface area contributed by atoms with E-state index in [1.54, 1.807) is 0 Å². The number of nitrogens with one attached hydrogen (secondary N) is 2. The highest BCUT2D eigenvalue weighted by Crippen LogP contribution is 2.26. The monoisotopic (exact) mass is 549 g/mol. The average molecular weight is 550 g/mol. The molecule has 3 amide bonds. The second-order valence-corrected chi connectivity index (χ2v) is 13.3. The summed E-state index contributed by atoms with van der Waals surface area (Å²) in [5.74, 6) is 0.637. The molecular weight excluding hydrogens is 486 g/mol. The lowest BCUT2D eigenvalue weighted by Gasteiger charge is -2.27. The summed E-state index contributed by atoms with van der Waals surface area (Å²) >= 11 is 0. The quantitative estimate of drug-likeness (QED) is 0.129. The Balaban J connectivity index is 1.90. The molecule has 6 heteroatoms. The van der Waals surface area contributed by atoms with E-state index in [0.29, 0.717) is 6.42 Å². The zero-order valence-corrected chi connectivity index (χ0v) is 26.6. The topological polar surface area (TPSA) is 78.5 Å². The van der Waals surface area contributed by atoms with Crippen LogP contribution < -0.4 is 10.6 Å². The number of carbonyl (C=O) groups excluding carboxylic acids is 3. The van der Waals surface area contributed by atoms with E-state index in [1.165, 1.54) is 64.2 Å². The molecule has 1 unspecified atom stereocenters. The number of amides is 3. The maximum atomic E-state index is 12.7. The van der Waals surface area contributed by atoms with Gasteiger partial charge in [-0.2, -0.15) is 0 Å². The van der Waals surface area contributed by atoms with Crippen LogP contribution >= 0.6 is 0 Å². The van der Waals surface area contributed by atoms with Gasteiger partial charge in [0.05, 0.1) is 0 Å². The third kappa shape index (κ3) is 15.1. The Labute approximate surface area is 241 Å². The number of nitrogens with zero attached hydrogens (tertiary/aromatic N) is 1. The van der Waals surface area contributed by atoms with Gasteiger partial charge >= 0.3 is 0 Å². The van der Waals surface area contributed by atoms with Crippen molar-refractivity contribution in [1.29, 1.82) is 0 Å². The summed E-state index contributed by atoms with van der Waals surface area (Å²) in [7, 11) is 0. The Morgan fingerprint density at radius 1 is 0.744 bits per heavy atom. The van der Waals surface area contributed by atoms with E-state index in [0.717, 1.165) is 64.6 Å². The first-order chi connectivity index (χ1) is 18.5. The molecule has 1 rings (SSSR count). The van der Waals surface area contributed by atoms with Gasteiger partial charge in [0, 0.05) is 42.9 Å². The first kappa shape index (κ1) is 35.4. The fourth-order valence-corrected chi connectivity index (χ4v) is 5.30. The minimum atomic E-state index is -0.351. The number of unbranched alkanes of at least 4 members (excludes halogenated alkanes) is 11. The number of hydrogen-bond acceptors (Lipinski definition) is 3. The van der Waals surface area contributed by atoms with Crippen molar-refractivity contribution in [1.82, 2.24) is 15.5 Å². The van der Waals surface area contributed by atoms with Crippen LogP contribution in [0.15, 0.2) is 0 Å². The van der Waals surface area contributed by atoms with Gasteiger partial charge in [0.15, 0.2) is 0 Å². The van der Waals surface area contributed by atoms with Gasteiger partial charge in [0.1, 0.15) is 0 Å². The molecule has 0 bridgehead atoms. The highest BCUT2D eigenvalue weighted by molar-refractivity contribution is 5.82. The Hall–Kier alpha value is -1.59. The van der Waals surface area contributed by atoms with Crippen LogP contribution in [-0.2, 0) is 14.4 Å². The van der Waals surface area contributed by atoms with Gasteiger partial charge in [-0.15, -0.1) is 0 Å². The van der Waals surface area contributed by atoms with E-state index < -0.39 is 0 Å². The zero-order valence-electron chi connectivity index (χ0n) is 26.6. The summed E-state index contributed by atoms with van der Waals surface area (Å²) in [5, 5.41) is 6.24. The van der Waals surface area contributed by atoms with E-state index in [4.69, 9.17) is 0 Å². The van der Waals surface area contributed by atoms with E-state index in [-0.39, 0.29) is 34.6 Å². The summed E-state index contributed by atoms with van der Waals surface area (Å²) in [6.45, 7) is 14.8. The molecule has 0 saturated carbocycles. The molecule has 228 valence electrons. The van der Waals surface area contributed by atoms with Crippen LogP contribution in [-0.4, -0.2) is 48.3 Å². The average Bonchev–Trinajstić information content (AvgIpc) is 3.33. The van der Waals surface area contributed by atoms with Crippen LogP contribution in [0.2, 0.25) is 0 Å². The van der Waals surface area contributed by atoms with Crippen molar-refractivity contribution in [3.05, 3.63) is 0 Å². The summed E-state index contributed by atoms with van der Waals surface area (Å²) in [4.78, 5) is 38.6. The molecule has 2 N–H and O–H groups in total. The van der Waals surface area contributed by atoms with E-state index >= 15 is 0 Å². The van der Waals surface area contributed by atoms with Gasteiger partial charge in [-0.1, -0.05) is 105 Å². The second kappa shape index (κ2) is 19.5. The molecule has 39 heavy (non-hydrogen) atoms. The van der Waals surface area contributed by atoms with Gasteiger partial charge in [0.25, 0.3) is 0 Å². The maximum Gasteiger partial charge on any atom is 0.225 e. The standard InChI is InChI=1S/C33H63N3O3/c1-7-32(3,4)30(38)34-25-18-16-14-12-10-8-9-11-13-15-17-19-26-35-31(39)33(5,6)24-20-22-28(2)36-27-21-23-29(36)37/h28H,7-27H2,1-6H3,(H,34,38)(H,35,39). The van der Waals surface area contributed by atoms with Gasteiger partial charge < -0.3 is 15.5 Å². The molecular formula is C33H63N3O3. The molecule has 1 saturated heterocycles. The molecule has 1 fully saturated rings. The molecule has 0 aliphatic carbocycles. The highest BCUT2D eigenvalue weighted by Gasteiger charge is 2.29. The zero-order chi connectivity index (χ0) is 29.2. The predicted octanol–water partition coefficient (Wildman–Crippen LogP) is 7.54. The number of hydrogen-bond donors (Lipinski definition) is 2. The lowest BCUT2D eigenvalue weighted by molar-refractivity contribution is -0.131. The molecule has 0 aromatic rings. The molecule has 1 aliphatic heterocycles. The molecule has 1 atom stereocenters. The van der Waals surface area contributed by atoms with Crippen LogP contribution in [0.1, 0.15) is 157 Å². The molecule has 1 heterocycles. The Bertz CT molecular complexity index is 704. The normalized spacial score (nSPS) is 15.0. The van der Waals surface area contributed by atoms with Crippen molar-refractivity contribution < 1.29 is 14.4 Å². The number of likely N-dealkylation sites (tertiary alicyclic amines) is 1. The largest absolute Gasteiger partial charge is 0.356 e. The highest BCUT2D eigenvalue weighted by atomic mass is 16.2. The molecule has 1 aliphatic rings. The smallest absolute Gasteiger partial charge is 0.225 e.